The number of hydrogen-bond acceptors (Lipinski definition) is 15. The second-order valence-corrected chi connectivity index (χ2v) is 31.5. The van der Waals surface area contributed by atoms with Crippen molar-refractivity contribution in [3.05, 3.63) is 0 Å². The molecule has 19 heteroatoms. The van der Waals surface area contributed by atoms with Gasteiger partial charge in [0.2, 0.25) is 0 Å². The number of aliphatic hydroxyl groups is 1. The summed E-state index contributed by atoms with van der Waals surface area (Å²) in [5.41, 5.74) is 0. The summed E-state index contributed by atoms with van der Waals surface area (Å²) in [5, 5.41) is 10.6. The predicted molar refractivity (Wildman–Crippen MR) is 377 cm³/mol. The second-order valence-electron chi connectivity index (χ2n) is 28.6. The van der Waals surface area contributed by atoms with Gasteiger partial charge in [-0.05, 0) is 49.4 Å². The third-order valence-corrected chi connectivity index (χ3v) is 19.0. The zero-order chi connectivity index (χ0) is 68.9. The maximum absolute atomic E-state index is 13.1. The molecule has 0 heterocycles. The average Bonchev–Trinajstić information content (AvgIpc) is 2.10. The fourth-order valence-electron chi connectivity index (χ4n) is 11.2. The van der Waals surface area contributed by atoms with Gasteiger partial charge in [-0.3, -0.25) is 37.3 Å². The lowest BCUT2D eigenvalue weighted by molar-refractivity contribution is -0.161. The van der Waals surface area contributed by atoms with E-state index in [1.807, 2.05) is 0 Å². The van der Waals surface area contributed by atoms with Crippen molar-refractivity contribution in [3.8, 4) is 0 Å². The van der Waals surface area contributed by atoms with Crippen LogP contribution >= 0.6 is 15.6 Å². The van der Waals surface area contributed by atoms with Crippen LogP contribution in [0, 0.1) is 23.7 Å². The van der Waals surface area contributed by atoms with Crippen LogP contribution in [-0.4, -0.2) is 96.7 Å². The van der Waals surface area contributed by atoms with E-state index < -0.39 is 97.5 Å². The van der Waals surface area contributed by atoms with Gasteiger partial charge in [-0.15, -0.1) is 0 Å². The molecular formula is C74H144O17P2. The van der Waals surface area contributed by atoms with Gasteiger partial charge in [-0.2, -0.15) is 0 Å². The van der Waals surface area contributed by atoms with Crippen LogP contribution in [0.1, 0.15) is 370 Å². The van der Waals surface area contributed by atoms with Gasteiger partial charge in [0.05, 0.1) is 26.4 Å². The fourth-order valence-corrected chi connectivity index (χ4v) is 12.8. The highest BCUT2D eigenvalue weighted by molar-refractivity contribution is 7.47. The molecule has 0 saturated heterocycles. The Morgan fingerprint density at radius 1 is 0.269 bits per heavy atom. The van der Waals surface area contributed by atoms with Gasteiger partial charge >= 0.3 is 39.5 Å². The molecule has 5 atom stereocenters. The van der Waals surface area contributed by atoms with Crippen molar-refractivity contribution in [2.75, 3.05) is 39.6 Å². The van der Waals surface area contributed by atoms with E-state index in [0.29, 0.717) is 37.5 Å². The number of unbranched alkanes of at least 4 members (excludes halogenated alkanes) is 37. The number of carbonyl (C=O) groups excluding carboxylic acids is 4. The molecule has 17 nitrogen and oxygen atoms in total. The molecule has 0 aliphatic heterocycles. The average molecular weight is 1370 g/mol. The Kier molecular flexibility index (Phi) is 62.2. The van der Waals surface area contributed by atoms with Crippen LogP contribution in [0.5, 0.6) is 0 Å². The standard InChI is InChI=1S/C74H144O17P2/c1-64(2)50-42-34-26-20-16-12-10-9-11-13-19-23-31-40-48-56-73(78)90-69(60-84-71(76)54-46-38-30-22-18-15-14-17-21-27-35-43-51-65(3)4)62-88-92(80,81)86-58-68(75)59-87-93(82,83)89-63-70(91-74(79)57-49-41-33-25-29-37-45-53-67(7)8)61-85-72(77)55-47-39-32-24-28-36-44-52-66(5)6/h64-70,75H,9-63H2,1-8H3,(H,80,81)(H,82,83)/t68?,69-,70-/m1/s1. The van der Waals surface area contributed by atoms with Crippen molar-refractivity contribution < 1.29 is 80.2 Å². The van der Waals surface area contributed by atoms with Crippen LogP contribution in [0.4, 0.5) is 0 Å². The van der Waals surface area contributed by atoms with Gasteiger partial charge in [0, 0.05) is 25.7 Å². The largest absolute Gasteiger partial charge is 0.472 e. The molecule has 0 aliphatic carbocycles. The van der Waals surface area contributed by atoms with Crippen LogP contribution in [-0.2, 0) is 65.4 Å². The Morgan fingerprint density at radius 3 is 0.667 bits per heavy atom. The molecule has 0 saturated carbocycles. The monoisotopic (exact) mass is 1370 g/mol. The number of hydrogen-bond donors (Lipinski definition) is 3. The fraction of sp³-hybridized carbons (Fsp3) is 0.946. The molecule has 0 bridgehead atoms. The molecule has 0 fully saturated rings. The molecule has 0 radical (unpaired) electrons. The zero-order valence-electron chi connectivity index (χ0n) is 60.9. The lowest BCUT2D eigenvalue weighted by Gasteiger charge is -2.21. The summed E-state index contributed by atoms with van der Waals surface area (Å²) in [7, 11) is -9.91. The van der Waals surface area contributed by atoms with Crippen LogP contribution in [0.2, 0.25) is 0 Å². The molecule has 0 rings (SSSR count). The highest BCUT2D eigenvalue weighted by atomic mass is 31.2. The summed E-state index contributed by atoms with van der Waals surface area (Å²) in [4.78, 5) is 72.7. The first-order chi connectivity index (χ1) is 44.6. The quantitative estimate of drug-likeness (QED) is 0.0222. The first-order valence-corrected chi connectivity index (χ1v) is 41.2. The zero-order valence-corrected chi connectivity index (χ0v) is 62.7. The summed E-state index contributed by atoms with van der Waals surface area (Å²) in [6.45, 7) is 14.1. The van der Waals surface area contributed by atoms with E-state index in [0.717, 1.165) is 108 Å². The molecule has 3 unspecified atom stereocenters. The number of phosphoric acid groups is 2. The Morgan fingerprint density at radius 2 is 0.452 bits per heavy atom. The van der Waals surface area contributed by atoms with Crippen molar-refractivity contribution in [2.24, 2.45) is 23.7 Å². The van der Waals surface area contributed by atoms with Crippen molar-refractivity contribution in [1.82, 2.24) is 0 Å². The van der Waals surface area contributed by atoms with E-state index in [2.05, 4.69) is 55.4 Å². The Labute approximate surface area is 568 Å². The van der Waals surface area contributed by atoms with E-state index in [4.69, 9.17) is 37.0 Å². The van der Waals surface area contributed by atoms with Gasteiger partial charge in [0.15, 0.2) is 12.2 Å². The smallest absolute Gasteiger partial charge is 0.462 e. The maximum Gasteiger partial charge on any atom is 0.472 e. The van der Waals surface area contributed by atoms with E-state index >= 15 is 0 Å². The van der Waals surface area contributed by atoms with Gasteiger partial charge in [-0.25, -0.2) is 9.13 Å². The molecule has 0 aromatic carbocycles. The number of carbonyl (C=O) groups is 4. The number of rotatable bonds is 71. The van der Waals surface area contributed by atoms with E-state index in [1.54, 1.807) is 0 Å². The van der Waals surface area contributed by atoms with Crippen molar-refractivity contribution in [3.63, 3.8) is 0 Å². The topological polar surface area (TPSA) is 237 Å². The van der Waals surface area contributed by atoms with Crippen LogP contribution < -0.4 is 0 Å². The summed E-state index contributed by atoms with van der Waals surface area (Å²) in [6, 6.07) is 0. The molecule has 552 valence electrons. The maximum atomic E-state index is 13.1. The van der Waals surface area contributed by atoms with Crippen LogP contribution in [0.3, 0.4) is 0 Å². The minimum Gasteiger partial charge on any atom is -0.462 e. The van der Waals surface area contributed by atoms with Gasteiger partial charge in [0.25, 0.3) is 0 Å². The number of phosphoric ester groups is 2. The lowest BCUT2D eigenvalue weighted by atomic mass is 10.0. The molecular weight excluding hydrogens is 1220 g/mol. The summed E-state index contributed by atoms with van der Waals surface area (Å²) in [5.74, 6) is 0.859. The molecule has 0 spiro atoms. The predicted octanol–water partition coefficient (Wildman–Crippen LogP) is 21.3. The number of ether oxygens (including phenoxy) is 4. The van der Waals surface area contributed by atoms with Crippen molar-refractivity contribution in [1.29, 1.82) is 0 Å². The Bertz CT molecular complexity index is 1830. The minimum absolute atomic E-state index is 0.102. The summed E-state index contributed by atoms with van der Waals surface area (Å²) in [6.07, 6.45) is 47.4. The molecule has 0 amide bonds. The van der Waals surface area contributed by atoms with Crippen molar-refractivity contribution in [2.45, 2.75) is 388 Å². The highest BCUT2D eigenvalue weighted by Crippen LogP contribution is 2.45. The van der Waals surface area contributed by atoms with Crippen LogP contribution in [0.25, 0.3) is 0 Å². The third-order valence-electron chi connectivity index (χ3n) is 17.1. The summed E-state index contributed by atoms with van der Waals surface area (Å²) >= 11 is 0. The molecule has 93 heavy (non-hydrogen) atoms. The first-order valence-electron chi connectivity index (χ1n) is 38.2. The number of esters is 4. The van der Waals surface area contributed by atoms with E-state index in [-0.39, 0.29) is 25.7 Å². The third kappa shape index (κ3) is 68.4. The summed E-state index contributed by atoms with van der Waals surface area (Å²) < 4.78 is 68.4. The molecule has 3 N–H and O–H groups in total. The number of aliphatic hydroxyl groups excluding tert-OH is 1. The Hall–Kier alpha value is -1.94. The molecule has 0 aromatic heterocycles. The molecule has 0 aliphatic rings. The highest BCUT2D eigenvalue weighted by Gasteiger charge is 2.30. The van der Waals surface area contributed by atoms with E-state index in [1.165, 1.54) is 167 Å². The SMILES string of the molecule is CC(C)CCCCCCCCCCCCCCCCCC(=O)O[C@H](COC(=O)CCCCCCCCCCCCCCC(C)C)COP(=O)(O)OCC(O)COP(=O)(O)OC[C@@H](COC(=O)CCCCCCCCCC(C)C)OC(=O)CCCCCCCCCC(C)C. The first kappa shape index (κ1) is 91.1. The molecule has 0 aromatic rings. The van der Waals surface area contributed by atoms with Crippen molar-refractivity contribution >= 4 is 39.5 Å². The second kappa shape index (κ2) is 63.5. The van der Waals surface area contributed by atoms with Crippen LogP contribution in [0.15, 0.2) is 0 Å². The van der Waals surface area contributed by atoms with Gasteiger partial charge in [0.1, 0.15) is 19.3 Å². The normalized spacial score (nSPS) is 14.2. The van der Waals surface area contributed by atoms with Gasteiger partial charge in [-0.1, -0.05) is 319 Å². The minimum atomic E-state index is -4.96. The Balaban J connectivity index is 5.23. The van der Waals surface area contributed by atoms with E-state index in [9.17, 15) is 43.2 Å². The van der Waals surface area contributed by atoms with Gasteiger partial charge < -0.3 is 33.8 Å². The lowest BCUT2D eigenvalue weighted by Crippen LogP contribution is -2.30.